The van der Waals surface area contributed by atoms with Crippen LogP contribution >= 0.6 is 11.8 Å². The van der Waals surface area contributed by atoms with Gasteiger partial charge in [0.05, 0.1) is 0 Å². The van der Waals surface area contributed by atoms with E-state index in [-0.39, 0.29) is 10.3 Å². The lowest BCUT2D eigenvalue weighted by Gasteiger charge is -2.22. The van der Waals surface area contributed by atoms with Gasteiger partial charge < -0.3 is 9.88 Å². The average molecular weight is 255 g/mol. The van der Waals surface area contributed by atoms with Crippen LogP contribution in [0.1, 0.15) is 27.2 Å². The van der Waals surface area contributed by atoms with Crippen LogP contribution in [-0.4, -0.2) is 27.1 Å². The van der Waals surface area contributed by atoms with Crippen LogP contribution in [0.5, 0.6) is 0 Å². The maximum atomic E-state index is 12.0. The van der Waals surface area contributed by atoms with E-state index in [4.69, 9.17) is 0 Å². The lowest BCUT2D eigenvalue weighted by atomic mass is 10.2. The smallest absolute Gasteiger partial charge is 0.293 e. The van der Waals surface area contributed by atoms with Crippen molar-refractivity contribution in [2.75, 3.05) is 18.1 Å². The third-order valence-corrected chi connectivity index (χ3v) is 3.86. The highest BCUT2D eigenvalue weighted by Gasteiger charge is 2.16. The summed E-state index contributed by atoms with van der Waals surface area (Å²) in [6.07, 6.45) is 6.41. The van der Waals surface area contributed by atoms with E-state index in [1.807, 2.05) is 0 Å². The standard InChI is InChI=1S/C12H21N3OS/c1-5-7-15-8-6-13-10(11(15)16)14-9-12(2,3)17-4/h6,8H,5,7,9H2,1-4H3,(H,13,14). The minimum absolute atomic E-state index is 0.0359. The van der Waals surface area contributed by atoms with Gasteiger partial charge >= 0.3 is 0 Å². The number of rotatable bonds is 6. The molecule has 17 heavy (non-hydrogen) atoms. The maximum absolute atomic E-state index is 12.0. The van der Waals surface area contributed by atoms with Crippen LogP contribution in [0.25, 0.3) is 0 Å². The number of anilines is 1. The van der Waals surface area contributed by atoms with Gasteiger partial charge in [0, 0.05) is 30.2 Å². The van der Waals surface area contributed by atoms with Gasteiger partial charge in [-0.15, -0.1) is 0 Å². The van der Waals surface area contributed by atoms with Gasteiger partial charge in [-0.05, 0) is 26.5 Å². The highest BCUT2D eigenvalue weighted by atomic mass is 32.2. The Morgan fingerprint density at radius 1 is 1.53 bits per heavy atom. The third kappa shape index (κ3) is 4.07. The molecule has 0 unspecified atom stereocenters. The molecule has 0 amide bonds. The Morgan fingerprint density at radius 3 is 2.82 bits per heavy atom. The van der Waals surface area contributed by atoms with Gasteiger partial charge in [-0.25, -0.2) is 4.98 Å². The average Bonchev–Trinajstić information content (AvgIpc) is 2.31. The summed E-state index contributed by atoms with van der Waals surface area (Å²) < 4.78 is 1.79. The Hall–Kier alpha value is -0.970. The Morgan fingerprint density at radius 2 is 2.24 bits per heavy atom. The number of hydrogen-bond donors (Lipinski definition) is 1. The third-order valence-electron chi connectivity index (χ3n) is 2.61. The first-order valence-corrected chi connectivity index (χ1v) is 7.07. The van der Waals surface area contributed by atoms with E-state index in [2.05, 4.69) is 37.3 Å². The molecule has 1 aromatic rings. The van der Waals surface area contributed by atoms with Crippen LogP contribution in [0, 0.1) is 0 Å². The fourth-order valence-corrected chi connectivity index (χ4v) is 1.57. The molecule has 0 spiro atoms. The number of aromatic nitrogens is 2. The van der Waals surface area contributed by atoms with Crippen LogP contribution in [-0.2, 0) is 6.54 Å². The second kappa shape index (κ2) is 6.10. The minimum atomic E-state index is -0.0359. The lowest BCUT2D eigenvalue weighted by Crippen LogP contribution is -2.31. The zero-order valence-electron chi connectivity index (χ0n) is 11.0. The fraction of sp³-hybridized carbons (Fsp3) is 0.667. The first-order chi connectivity index (χ1) is 8.00. The Labute approximate surface area is 107 Å². The summed E-state index contributed by atoms with van der Waals surface area (Å²) >= 11 is 1.77. The monoisotopic (exact) mass is 255 g/mol. The van der Waals surface area contributed by atoms with Crippen LogP contribution in [0.2, 0.25) is 0 Å². The molecule has 1 N–H and O–H groups in total. The van der Waals surface area contributed by atoms with Crippen molar-refractivity contribution in [2.24, 2.45) is 0 Å². The van der Waals surface area contributed by atoms with E-state index in [1.165, 1.54) is 0 Å². The Bertz CT molecular complexity index is 414. The van der Waals surface area contributed by atoms with E-state index in [0.29, 0.717) is 5.82 Å². The van der Waals surface area contributed by atoms with E-state index in [0.717, 1.165) is 19.5 Å². The SMILES string of the molecule is CCCn1ccnc(NCC(C)(C)SC)c1=O. The van der Waals surface area contributed by atoms with Crippen LogP contribution < -0.4 is 10.9 Å². The van der Waals surface area contributed by atoms with Crippen molar-refractivity contribution in [2.45, 2.75) is 38.5 Å². The number of aryl methyl sites for hydroxylation is 1. The highest BCUT2D eigenvalue weighted by molar-refractivity contribution is 7.99. The van der Waals surface area contributed by atoms with Gasteiger partial charge in [0.25, 0.3) is 5.56 Å². The number of thioether (sulfide) groups is 1. The normalized spacial score (nSPS) is 11.5. The Kier molecular flexibility index (Phi) is 5.05. The molecule has 0 aromatic carbocycles. The zero-order chi connectivity index (χ0) is 12.9. The molecular weight excluding hydrogens is 234 g/mol. The molecule has 0 saturated carbocycles. The second-order valence-corrected chi connectivity index (χ2v) is 6.11. The first-order valence-electron chi connectivity index (χ1n) is 5.84. The highest BCUT2D eigenvalue weighted by Crippen LogP contribution is 2.20. The van der Waals surface area contributed by atoms with Gasteiger partial charge in [-0.3, -0.25) is 4.79 Å². The summed E-state index contributed by atoms with van der Waals surface area (Å²) in [4.78, 5) is 16.1. The maximum Gasteiger partial charge on any atom is 0.293 e. The molecule has 1 rings (SSSR count). The molecular formula is C12H21N3OS. The van der Waals surface area contributed by atoms with Crippen LogP contribution in [0.4, 0.5) is 5.82 Å². The summed E-state index contributed by atoms with van der Waals surface area (Å²) in [5, 5.41) is 3.14. The molecule has 4 nitrogen and oxygen atoms in total. The number of nitrogens with one attached hydrogen (secondary N) is 1. The van der Waals surface area contributed by atoms with Crippen LogP contribution in [0.3, 0.4) is 0 Å². The van der Waals surface area contributed by atoms with Gasteiger partial charge in [0.15, 0.2) is 5.82 Å². The molecule has 0 aliphatic carbocycles. The molecule has 1 heterocycles. The van der Waals surface area contributed by atoms with Crippen molar-refractivity contribution < 1.29 is 0 Å². The molecule has 0 saturated heterocycles. The van der Waals surface area contributed by atoms with Crippen molar-refractivity contribution in [1.82, 2.24) is 9.55 Å². The zero-order valence-corrected chi connectivity index (χ0v) is 11.8. The molecule has 0 fully saturated rings. The largest absolute Gasteiger partial charge is 0.364 e. The molecule has 0 aliphatic heterocycles. The Balaban J connectivity index is 2.79. The lowest BCUT2D eigenvalue weighted by molar-refractivity contribution is 0.647. The summed E-state index contributed by atoms with van der Waals surface area (Å²) in [5.41, 5.74) is -0.0359. The van der Waals surface area contributed by atoms with Gasteiger partial charge in [0.1, 0.15) is 0 Å². The van der Waals surface area contributed by atoms with Gasteiger partial charge in [-0.2, -0.15) is 11.8 Å². The molecule has 0 atom stereocenters. The number of hydrogen-bond acceptors (Lipinski definition) is 4. The quantitative estimate of drug-likeness (QED) is 0.846. The topological polar surface area (TPSA) is 46.9 Å². The molecule has 0 aliphatic rings. The summed E-state index contributed by atoms with van der Waals surface area (Å²) in [7, 11) is 0. The molecule has 96 valence electrons. The second-order valence-electron chi connectivity index (χ2n) is 4.59. The van der Waals surface area contributed by atoms with Crippen molar-refractivity contribution in [3.05, 3.63) is 22.7 Å². The molecule has 1 aromatic heterocycles. The first kappa shape index (κ1) is 14.1. The van der Waals surface area contributed by atoms with E-state index in [1.54, 1.807) is 28.7 Å². The minimum Gasteiger partial charge on any atom is -0.364 e. The molecule has 5 heteroatoms. The summed E-state index contributed by atoms with van der Waals surface area (Å²) in [6.45, 7) is 7.79. The van der Waals surface area contributed by atoms with E-state index >= 15 is 0 Å². The van der Waals surface area contributed by atoms with Gasteiger partial charge in [-0.1, -0.05) is 6.92 Å². The number of nitrogens with zero attached hydrogens (tertiary/aromatic N) is 2. The fourth-order valence-electron chi connectivity index (χ4n) is 1.35. The molecule has 0 bridgehead atoms. The summed E-state index contributed by atoms with van der Waals surface area (Å²) in [6, 6.07) is 0. The summed E-state index contributed by atoms with van der Waals surface area (Å²) in [5.74, 6) is 0.447. The van der Waals surface area contributed by atoms with Crippen molar-refractivity contribution >= 4 is 17.6 Å². The van der Waals surface area contributed by atoms with Crippen molar-refractivity contribution in [3.63, 3.8) is 0 Å². The predicted molar refractivity (Wildman–Crippen MR) is 74.9 cm³/mol. The van der Waals surface area contributed by atoms with Crippen molar-refractivity contribution in [3.8, 4) is 0 Å². The predicted octanol–water partition coefficient (Wildman–Crippen LogP) is 2.21. The van der Waals surface area contributed by atoms with Gasteiger partial charge in [0.2, 0.25) is 0 Å². The van der Waals surface area contributed by atoms with E-state index < -0.39 is 0 Å². The van der Waals surface area contributed by atoms with E-state index in [9.17, 15) is 4.79 Å². The molecule has 0 radical (unpaired) electrons. The van der Waals surface area contributed by atoms with Crippen molar-refractivity contribution in [1.29, 1.82) is 0 Å². The van der Waals surface area contributed by atoms with Crippen LogP contribution in [0.15, 0.2) is 17.2 Å².